The molecule has 0 aliphatic heterocycles. The average molecular weight is 277 g/mol. The molecule has 17 heavy (non-hydrogen) atoms. The number of nitrogens with one attached hydrogen (secondary N) is 2. The molecule has 8 heteroatoms. The third-order valence-electron chi connectivity index (χ3n) is 1.88. The second-order valence-corrected chi connectivity index (χ2v) is 6.21. The van der Waals surface area contributed by atoms with Gasteiger partial charge in [-0.25, -0.2) is 13.1 Å². The summed E-state index contributed by atoms with van der Waals surface area (Å²) in [5.74, 6) is -0.180. The van der Waals surface area contributed by atoms with Crippen molar-refractivity contribution in [3.05, 3.63) is 11.4 Å². The predicted molar refractivity (Wildman–Crippen MR) is 67.2 cm³/mol. The number of rotatable bonds is 6. The highest BCUT2D eigenvalue weighted by atomic mass is 32.2. The van der Waals surface area contributed by atoms with Crippen molar-refractivity contribution in [1.82, 2.24) is 10.0 Å². The summed E-state index contributed by atoms with van der Waals surface area (Å²) in [6.07, 6.45) is 0.119. The Labute approximate surface area is 104 Å². The third kappa shape index (κ3) is 4.33. The van der Waals surface area contributed by atoms with Crippen LogP contribution in [0.25, 0.3) is 0 Å². The highest BCUT2D eigenvalue weighted by molar-refractivity contribution is 7.91. The molecule has 0 aliphatic carbocycles. The highest BCUT2D eigenvalue weighted by Crippen LogP contribution is 2.21. The molecule has 0 fully saturated rings. The van der Waals surface area contributed by atoms with Crippen LogP contribution in [0.5, 0.6) is 0 Å². The Bertz CT molecular complexity index is 481. The molecular formula is C9H15N3O3S2. The molecule has 0 aliphatic rings. The molecule has 0 radical (unpaired) electrons. The quantitative estimate of drug-likeness (QED) is 0.688. The number of hydrogen-bond acceptors (Lipinski definition) is 5. The van der Waals surface area contributed by atoms with Gasteiger partial charge >= 0.3 is 0 Å². The van der Waals surface area contributed by atoms with Gasteiger partial charge in [-0.3, -0.25) is 4.79 Å². The lowest BCUT2D eigenvalue weighted by molar-refractivity contribution is -0.120. The van der Waals surface area contributed by atoms with Crippen molar-refractivity contribution >= 4 is 33.0 Å². The third-order valence-corrected chi connectivity index (χ3v) is 4.80. The largest absolute Gasteiger partial charge is 0.398 e. The number of nitrogen functional groups attached to an aromatic ring is 1. The van der Waals surface area contributed by atoms with Crippen molar-refractivity contribution in [2.24, 2.45) is 0 Å². The molecule has 1 heterocycles. The molecule has 6 nitrogen and oxygen atoms in total. The van der Waals surface area contributed by atoms with Crippen molar-refractivity contribution in [1.29, 1.82) is 0 Å². The smallest absolute Gasteiger partial charge is 0.250 e. The second-order valence-electron chi connectivity index (χ2n) is 3.30. The Balaban J connectivity index is 2.49. The van der Waals surface area contributed by atoms with E-state index >= 15 is 0 Å². The van der Waals surface area contributed by atoms with Crippen LogP contribution in [-0.2, 0) is 14.8 Å². The van der Waals surface area contributed by atoms with Gasteiger partial charge in [0.25, 0.3) is 0 Å². The van der Waals surface area contributed by atoms with Crippen LogP contribution in [0, 0.1) is 0 Å². The van der Waals surface area contributed by atoms with Gasteiger partial charge in [-0.05, 0) is 13.0 Å². The van der Waals surface area contributed by atoms with Crippen LogP contribution in [0.15, 0.2) is 15.7 Å². The molecule has 0 bridgehead atoms. The van der Waals surface area contributed by atoms with Gasteiger partial charge in [0, 0.05) is 30.6 Å². The number of sulfonamides is 1. The molecule has 0 unspecified atom stereocenters. The van der Waals surface area contributed by atoms with E-state index in [1.165, 1.54) is 6.07 Å². The van der Waals surface area contributed by atoms with Gasteiger partial charge in [-0.2, -0.15) is 0 Å². The molecule has 0 aromatic carbocycles. The molecule has 0 spiro atoms. The van der Waals surface area contributed by atoms with Crippen LogP contribution in [0.1, 0.15) is 13.3 Å². The lowest BCUT2D eigenvalue weighted by Gasteiger charge is -2.04. The molecule has 1 amide bonds. The monoisotopic (exact) mass is 277 g/mol. The van der Waals surface area contributed by atoms with Crippen LogP contribution in [0.3, 0.4) is 0 Å². The first-order chi connectivity index (χ1) is 7.95. The van der Waals surface area contributed by atoms with E-state index in [1.54, 1.807) is 12.3 Å². The molecule has 0 saturated heterocycles. The maximum absolute atomic E-state index is 11.7. The van der Waals surface area contributed by atoms with Crippen LogP contribution in [-0.4, -0.2) is 27.4 Å². The fraction of sp³-hybridized carbons (Fsp3) is 0.444. The minimum absolute atomic E-state index is 0.0754. The zero-order valence-corrected chi connectivity index (χ0v) is 11.0. The van der Waals surface area contributed by atoms with Crippen molar-refractivity contribution in [2.75, 3.05) is 18.8 Å². The summed E-state index contributed by atoms with van der Waals surface area (Å²) < 4.78 is 25.9. The fourth-order valence-corrected chi connectivity index (χ4v) is 3.28. The summed E-state index contributed by atoms with van der Waals surface area (Å²) in [5.41, 5.74) is 5.86. The minimum Gasteiger partial charge on any atom is -0.398 e. The zero-order chi connectivity index (χ0) is 12.9. The van der Waals surface area contributed by atoms with Gasteiger partial charge in [-0.15, -0.1) is 11.3 Å². The summed E-state index contributed by atoms with van der Waals surface area (Å²) in [5, 5.41) is 4.14. The van der Waals surface area contributed by atoms with E-state index in [2.05, 4.69) is 10.0 Å². The molecular weight excluding hydrogens is 262 g/mol. The van der Waals surface area contributed by atoms with Crippen LogP contribution in [0.2, 0.25) is 0 Å². The number of amides is 1. The maximum Gasteiger partial charge on any atom is 0.250 e. The number of anilines is 1. The summed E-state index contributed by atoms with van der Waals surface area (Å²) in [7, 11) is -3.54. The lowest BCUT2D eigenvalue weighted by Crippen LogP contribution is -2.30. The molecule has 1 rings (SSSR count). The van der Waals surface area contributed by atoms with Gasteiger partial charge < -0.3 is 11.1 Å². The van der Waals surface area contributed by atoms with E-state index in [-0.39, 0.29) is 23.1 Å². The van der Waals surface area contributed by atoms with Crippen molar-refractivity contribution in [3.8, 4) is 0 Å². The van der Waals surface area contributed by atoms with Gasteiger partial charge in [0.15, 0.2) is 0 Å². The van der Waals surface area contributed by atoms with E-state index in [9.17, 15) is 13.2 Å². The number of hydrogen-bond donors (Lipinski definition) is 3. The first-order valence-corrected chi connectivity index (χ1v) is 7.42. The molecule has 0 atom stereocenters. The Morgan fingerprint density at radius 2 is 2.24 bits per heavy atom. The number of carbonyl (C=O) groups is 1. The molecule has 96 valence electrons. The summed E-state index contributed by atoms with van der Waals surface area (Å²) >= 11 is 1.05. The summed E-state index contributed by atoms with van der Waals surface area (Å²) in [4.78, 5) is 11.1. The Morgan fingerprint density at radius 3 is 2.76 bits per heavy atom. The Kier molecular flexibility index (Phi) is 4.91. The number of thiophene rings is 1. The summed E-state index contributed by atoms with van der Waals surface area (Å²) in [6.45, 7) is 2.41. The maximum atomic E-state index is 11.7. The topological polar surface area (TPSA) is 101 Å². The first-order valence-electron chi connectivity index (χ1n) is 5.06. The molecule has 4 N–H and O–H groups in total. The molecule has 1 aromatic heterocycles. The van der Waals surface area contributed by atoms with E-state index in [4.69, 9.17) is 5.73 Å². The molecule has 1 aromatic rings. The normalized spacial score (nSPS) is 11.4. The van der Waals surface area contributed by atoms with Crippen LogP contribution >= 0.6 is 11.3 Å². The minimum atomic E-state index is -3.54. The first kappa shape index (κ1) is 13.9. The lowest BCUT2D eigenvalue weighted by atomic mass is 10.4. The SMILES string of the molecule is CCNC(=O)CCNS(=O)(=O)c1cc(N)cs1. The van der Waals surface area contributed by atoms with Crippen molar-refractivity contribution in [2.45, 2.75) is 17.6 Å². The zero-order valence-electron chi connectivity index (χ0n) is 9.39. The van der Waals surface area contributed by atoms with Gasteiger partial charge in [-0.1, -0.05) is 0 Å². The van der Waals surface area contributed by atoms with Crippen LogP contribution in [0.4, 0.5) is 5.69 Å². The Hall–Kier alpha value is -1.12. The van der Waals surface area contributed by atoms with Gasteiger partial charge in [0.2, 0.25) is 15.9 Å². The fourth-order valence-electron chi connectivity index (χ4n) is 1.13. The Morgan fingerprint density at radius 1 is 1.53 bits per heavy atom. The number of carbonyl (C=O) groups excluding carboxylic acids is 1. The van der Waals surface area contributed by atoms with E-state index < -0.39 is 10.0 Å². The highest BCUT2D eigenvalue weighted by Gasteiger charge is 2.16. The van der Waals surface area contributed by atoms with Crippen molar-refractivity contribution in [3.63, 3.8) is 0 Å². The predicted octanol–water partition coefficient (Wildman–Crippen LogP) is 0.135. The number of nitrogens with two attached hydrogens (primary N) is 1. The van der Waals surface area contributed by atoms with E-state index in [0.717, 1.165) is 11.3 Å². The standard InChI is InChI=1S/C9H15N3O3S2/c1-2-11-8(13)3-4-12-17(14,15)9-5-7(10)6-16-9/h5-6,12H,2-4,10H2,1H3,(H,11,13). The summed E-state index contributed by atoms with van der Waals surface area (Å²) in [6, 6.07) is 1.39. The van der Waals surface area contributed by atoms with E-state index in [0.29, 0.717) is 12.2 Å². The van der Waals surface area contributed by atoms with Gasteiger partial charge in [0.05, 0.1) is 0 Å². The van der Waals surface area contributed by atoms with Crippen LogP contribution < -0.4 is 15.8 Å². The molecule has 0 saturated carbocycles. The van der Waals surface area contributed by atoms with E-state index in [1.807, 2.05) is 0 Å². The average Bonchev–Trinajstić information content (AvgIpc) is 2.65. The second kappa shape index (κ2) is 5.99. The van der Waals surface area contributed by atoms with Gasteiger partial charge in [0.1, 0.15) is 4.21 Å². The van der Waals surface area contributed by atoms with Crippen molar-refractivity contribution < 1.29 is 13.2 Å².